The van der Waals surface area contributed by atoms with Gasteiger partial charge in [0.25, 0.3) is 0 Å². The average molecular weight is 274 g/mol. The molecule has 1 aliphatic carbocycles. The molecule has 1 aliphatic rings. The Kier molecular flexibility index (Phi) is 4.59. The lowest BCUT2D eigenvalue weighted by Gasteiger charge is -2.39. The molecule has 5 nitrogen and oxygen atoms in total. The van der Waals surface area contributed by atoms with E-state index in [1.807, 2.05) is 6.07 Å². The molecule has 1 N–H and O–H groups in total. The number of carbonyl (C=O) groups excluding carboxylic acids is 1. The summed E-state index contributed by atoms with van der Waals surface area (Å²) in [6.07, 6.45) is 3.39. The van der Waals surface area contributed by atoms with E-state index in [0.717, 1.165) is 19.3 Å². The van der Waals surface area contributed by atoms with Crippen LogP contribution in [-0.4, -0.2) is 25.2 Å². The van der Waals surface area contributed by atoms with Crippen LogP contribution in [0.25, 0.3) is 0 Å². The van der Waals surface area contributed by atoms with Crippen LogP contribution < -0.4 is 10.1 Å². The molecular formula is C15H18N2O3. The maximum atomic E-state index is 12.0. The third kappa shape index (κ3) is 3.49. The third-order valence-electron chi connectivity index (χ3n) is 3.62. The zero-order valence-electron chi connectivity index (χ0n) is 11.5. The van der Waals surface area contributed by atoms with E-state index in [4.69, 9.17) is 14.7 Å². The Morgan fingerprint density at radius 1 is 1.40 bits per heavy atom. The highest BCUT2D eigenvalue weighted by Gasteiger charge is 2.38. The topological polar surface area (TPSA) is 71.3 Å². The molecule has 0 aliphatic heterocycles. The SMILES string of the molecule is COC1(CC(=O)Nc2ccc(OCC#N)cc2)CCC1. The predicted molar refractivity (Wildman–Crippen MR) is 74.4 cm³/mol. The summed E-state index contributed by atoms with van der Waals surface area (Å²) in [5.74, 6) is 0.564. The molecule has 20 heavy (non-hydrogen) atoms. The lowest BCUT2D eigenvalue weighted by atomic mass is 9.77. The molecule has 0 aromatic heterocycles. The smallest absolute Gasteiger partial charge is 0.227 e. The van der Waals surface area contributed by atoms with Crippen LogP contribution in [0.2, 0.25) is 0 Å². The summed E-state index contributed by atoms with van der Waals surface area (Å²) < 4.78 is 10.6. The molecule has 106 valence electrons. The Bertz CT molecular complexity index is 495. The third-order valence-corrected chi connectivity index (χ3v) is 3.62. The Hall–Kier alpha value is -2.06. The second kappa shape index (κ2) is 6.40. The zero-order valence-corrected chi connectivity index (χ0v) is 11.5. The van der Waals surface area contributed by atoms with E-state index in [-0.39, 0.29) is 18.1 Å². The lowest BCUT2D eigenvalue weighted by molar-refractivity contribution is -0.129. The van der Waals surface area contributed by atoms with Crippen LogP contribution in [0.5, 0.6) is 5.75 Å². The van der Waals surface area contributed by atoms with E-state index in [9.17, 15) is 4.79 Å². The van der Waals surface area contributed by atoms with Gasteiger partial charge in [0.2, 0.25) is 5.91 Å². The molecule has 1 aromatic carbocycles. The zero-order chi connectivity index (χ0) is 14.4. The second-order valence-electron chi connectivity index (χ2n) is 4.94. The highest BCUT2D eigenvalue weighted by Crippen LogP contribution is 2.38. The maximum absolute atomic E-state index is 12.0. The molecule has 1 fully saturated rings. The van der Waals surface area contributed by atoms with Crippen molar-refractivity contribution in [2.24, 2.45) is 0 Å². The molecule has 0 unspecified atom stereocenters. The monoisotopic (exact) mass is 274 g/mol. The first-order valence-electron chi connectivity index (χ1n) is 6.62. The number of ether oxygens (including phenoxy) is 2. The van der Waals surface area contributed by atoms with E-state index in [2.05, 4.69) is 5.32 Å². The summed E-state index contributed by atoms with van der Waals surface area (Å²) in [5.41, 5.74) is 0.449. The van der Waals surface area contributed by atoms with Gasteiger partial charge in [-0.1, -0.05) is 0 Å². The second-order valence-corrected chi connectivity index (χ2v) is 4.94. The molecule has 1 aromatic rings. The number of benzene rings is 1. The molecule has 0 bridgehead atoms. The summed E-state index contributed by atoms with van der Waals surface area (Å²) in [7, 11) is 1.66. The van der Waals surface area contributed by atoms with Crippen LogP contribution in [0.4, 0.5) is 5.69 Å². The summed E-state index contributed by atoms with van der Waals surface area (Å²) in [4.78, 5) is 12.0. The van der Waals surface area contributed by atoms with Crippen molar-refractivity contribution >= 4 is 11.6 Å². The summed E-state index contributed by atoms with van der Waals surface area (Å²) in [6.45, 7) is 0.0159. The van der Waals surface area contributed by atoms with Gasteiger partial charge in [0.15, 0.2) is 6.61 Å². The number of nitrogens with one attached hydrogen (secondary N) is 1. The van der Waals surface area contributed by atoms with Crippen molar-refractivity contribution in [3.8, 4) is 11.8 Å². The van der Waals surface area contributed by atoms with Crippen LogP contribution in [0.1, 0.15) is 25.7 Å². The number of nitrogens with zero attached hydrogens (tertiary/aromatic N) is 1. The number of nitriles is 1. The summed E-state index contributed by atoms with van der Waals surface area (Å²) in [5, 5.41) is 11.3. The van der Waals surface area contributed by atoms with Gasteiger partial charge in [-0.05, 0) is 43.5 Å². The largest absolute Gasteiger partial charge is 0.479 e. The van der Waals surface area contributed by atoms with Gasteiger partial charge in [0.1, 0.15) is 11.8 Å². The minimum absolute atomic E-state index is 0.0159. The highest BCUT2D eigenvalue weighted by atomic mass is 16.5. The molecular weight excluding hydrogens is 256 g/mol. The van der Waals surface area contributed by atoms with Crippen molar-refractivity contribution in [3.63, 3.8) is 0 Å². The minimum atomic E-state index is -0.264. The Labute approximate surface area is 118 Å². The molecule has 5 heteroatoms. The first-order valence-corrected chi connectivity index (χ1v) is 6.62. The van der Waals surface area contributed by atoms with E-state index in [0.29, 0.717) is 17.9 Å². The van der Waals surface area contributed by atoms with Crippen LogP contribution in [0, 0.1) is 11.3 Å². The van der Waals surface area contributed by atoms with Crippen molar-refractivity contribution < 1.29 is 14.3 Å². The number of anilines is 1. The summed E-state index contributed by atoms with van der Waals surface area (Å²) in [6, 6.07) is 8.86. The van der Waals surface area contributed by atoms with E-state index in [1.54, 1.807) is 31.4 Å². The number of hydrogen-bond donors (Lipinski definition) is 1. The molecule has 1 amide bonds. The molecule has 0 atom stereocenters. The van der Waals surface area contributed by atoms with E-state index < -0.39 is 0 Å². The van der Waals surface area contributed by atoms with Crippen LogP contribution in [-0.2, 0) is 9.53 Å². The van der Waals surface area contributed by atoms with Crippen molar-refractivity contribution in [2.75, 3.05) is 19.0 Å². The molecule has 1 saturated carbocycles. The molecule has 0 heterocycles. The van der Waals surface area contributed by atoms with Gasteiger partial charge in [-0.3, -0.25) is 4.79 Å². The Morgan fingerprint density at radius 2 is 2.10 bits per heavy atom. The van der Waals surface area contributed by atoms with Crippen molar-refractivity contribution in [2.45, 2.75) is 31.3 Å². The van der Waals surface area contributed by atoms with Gasteiger partial charge in [0, 0.05) is 12.8 Å². The average Bonchev–Trinajstić information content (AvgIpc) is 2.42. The van der Waals surface area contributed by atoms with Gasteiger partial charge in [0.05, 0.1) is 12.0 Å². The van der Waals surface area contributed by atoms with Gasteiger partial charge in [-0.2, -0.15) is 5.26 Å². The normalized spacial score (nSPS) is 15.8. The quantitative estimate of drug-likeness (QED) is 0.865. The van der Waals surface area contributed by atoms with Gasteiger partial charge >= 0.3 is 0 Å². The number of rotatable bonds is 6. The minimum Gasteiger partial charge on any atom is -0.479 e. The van der Waals surface area contributed by atoms with Crippen LogP contribution in [0.3, 0.4) is 0 Å². The fraction of sp³-hybridized carbons (Fsp3) is 0.467. The van der Waals surface area contributed by atoms with Crippen molar-refractivity contribution in [1.29, 1.82) is 5.26 Å². The van der Waals surface area contributed by atoms with Crippen LogP contribution >= 0.6 is 0 Å². The van der Waals surface area contributed by atoms with E-state index in [1.165, 1.54) is 0 Å². The van der Waals surface area contributed by atoms with Crippen LogP contribution in [0.15, 0.2) is 24.3 Å². The summed E-state index contributed by atoms with van der Waals surface area (Å²) >= 11 is 0. The first kappa shape index (κ1) is 14.4. The fourth-order valence-corrected chi connectivity index (χ4v) is 2.27. The van der Waals surface area contributed by atoms with E-state index >= 15 is 0 Å². The standard InChI is InChI=1S/C15H18N2O3/c1-19-15(7-2-8-15)11-14(18)17-12-3-5-13(6-4-12)20-10-9-16/h3-6H,2,7-8,10-11H2,1H3,(H,17,18). The number of carbonyl (C=O) groups is 1. The highest BCUT2D eigenvalue weighted by molar-refractivity contribution is 5.91. The van der Waals surface area contributed by atoms with Crippen molar-refractivity contribution in [3.05, 3.63) is 24.3 Å². The number of methoxy groups -OCH3 is 1. The van der Waals surface area contributed by atoms with Gasteiger partial charge in [-0.15, -0.1) is 0 Å². The van der Waals surface area contributed by atoms with Gasteiger partial charge < -0.3 is 14.8 Å². The number of amides is 1. The molecule has 2 rings (SSSR count). The lowest BCUT2D eigenvalue weighted by Crippen LogP contribution is -2.42. The molecule has 0 spiro atoms. The molecule has 0 radical (unpaired) electrons. The first-order chi connectivity index (χ1) is 9.67. The van der Waals surface area contributed by atoms with Gasteiger partial charge in [-0.25, -0.2) is 0 Å². The maximum Gasteiger partial charge on any atom is 0.227 e. The Morgan fingerprint density at radius 3 is 2.60 bits per heavy atom. The number of hydrogen-bond acceptors (Lipinski definition) is 4. The Balaban J connectivity index is 1.86. The fourth-order valence-electron chi connectivity index (χ4n) is 2.27. The molecule has 0 saturated heterocycles. The van der Waals surface area contributed by atoms with Crippen molar-refractivity contribution in [1.82, 2.24) is 0 Å². The predicted octanol–water partition coefficient (Wildman–Crippen LogP) is 2.49.